The van der Waals surface area contributed by atoms with Crippen LogP contribution in [0.15, 0.2) is 30.5 Å². The normalized spacial score (nSPS) is 10.7. The van der Waals surface area contributed by atoms with Crippen molar-refractivity contribution in [1.82, 2.24) is 14.7 Å². The van der Waals surface area contributed by atoms with Crippen LogP contribution in [0.2, 0.25) is 0 Å². The summed E-state index contributed by atoms with van der Waals surface area (Å²) in [5.41, 5.74) is 8.27. The molecule has 0 aliphatic heterocycles. The second-order valence-corrected chi connectivity index (χ2v) is 7.60. The van der Waals surface area contributed by atoms with Crippen molar-refractivity contribution in [2.24, 2.45) is 0 Å². The van der Waals surface area contributed by atoms with Gasteiger partial charge in [0.05, 0.1) is 17.1 Å². The number of imidazole rings is 1. The van der Waals surface area contributed by atoms with E-state index in [4.69, 9.17) is 4.98 Å². The minimum absolute atomic E-state index is 0. The summed E-state index contributed by atoms with van der Waals surface area (Å²) in [5, 5.41) is 9.31. The van der Waals surface area contributed by atoms with Crippen LogP contribution in [-0.2, 0) is 6.54 Å². The van der Waals surface area contributed by atoms with E-state index in [1.807, 2.05) is 44.4 Å². The van der Waals surface area contributed by atoms with E-state index in [0.29, 0.717) is 6.54 Å². The number of hydrogen-bond acceptors (Lipinski definition) is 3. The Labute approximate surface area is 178 Å². The number of urea groups is 1. The van der Waals surface area contributed by atoms with Crippen LogP contribution in [0.25, 0.3) is 5.65 Å². The average Bonchev–Trinajstić information content (AvgIpc) is 2.89. The lowest BCUT2D eigenvalue weighted by atomic mass is 10.0. The zero-order chi connectivity index (χ0) is 20.4. The maximum atomic E-state index is 12.2. The van der Waals surface area contributed by atoms with E-state index in [2.05, 4.69) is 48.0 Å². The number of benzene rings is 1. The van der Waals surface area contributed by atoms with Crippen molar-refractivity contribution in [2.45, 2.75) is 54.1 Å². The van der Waals surface area contributed by atoms with Gasteiger partial charge in [-0.25, -0.2) is 9.78 Å². The van der Waals surface area contributed by atoms with E-state index in [0.717, 1.165) is 28.4 Å². The van der Waals surface area contributed by atoms with Gasteiger partial charge in [-0.2, -0.15) is 0 Å². The highest BCUT2D eigenvalue weighted by molar-refractivity contribution is 5.90. The fourth-order valence-corrected chi connectivity index (χ4v) is 3.31. The van der Waals surface area contributed by atoms with Gasteiger partial charge in [-0.05, 0) is 64.3 Å². The lowest BCUT2D eigenvalue weighted by Gasteiger charge is -2.15. The molecule has 3 rings (SSSR count). The molecule has 0 aliphatic carbocycles. The van der Waals surface area contributed by atoms with Gasteiger partial charge >= 0.3 is 6.03 Å². The highest BCUT2D eigenvalue weighted by Gasteiger charge is 2.13. The molecule has 3 N–H and O–H groups in total. The monoisotopic (exact) mass is 415 g/mol. The first-order valence-electron chi connectivity index (χ1n) is 9.62. The molecule has 0 spiro atoms. The van der Waals surface area contributed by atoms with Crippen molar-refractivity contribution in [2.75, 3.05) is 10.6 Å². The summed E-state index contributed by atoms with van der Waals surface area (Å²) in [6.07, 6.45) is 1.91. The molecule has 2 aromatic heterocycles. The molecule has 0 radical (unpaired) electrons. The summed E-state index contributed by atoms with van der Waals surface area (Å²) in [4.78, 5) is 16.9. The summed E-state index contributed by atoms with van der Waals surface area (Å²) in [6, 6.07) is 8.11. The van der Waals surface area contributed by atoms with Crippen molar-refractivity contribution in [3.8, 4) is 0 Å². The largest absolute Gasteiger partial charge is 0.378 e. The molecule has 0 atom stereocenters. The fourth-order valence-electron chi connectivity index (χ4n) is 3.31. The molecule has 0 fully saturated rings. The molecule has 2 heterocycles. The quantitative estimate of drug-likeness (QED) is 0.540. The number of pyridine rings is 1. The lowest BCUT2D eigenvalue weighted by molar-refractivity contribution is 0.250. The van der Waals surface area contributed by atoms with Crippen molar-refractivity contribution in [3.63, 3.8) is 0 Å². The fraction of sp³-hybridized carbons (Fsp3) is 0.364. The Hall–Kier alpha value is -2.73. The van der Waals surface area contributed by atoms with E-state index in [9.17, 15) is 4.79 Å². The van der Waals surface area contributed by atoms with Gasteiger partial charge in [0.1, 0.15) is 0 Å². The van der Waals surface area contributed by atoms with E-state index in [1.54, 1.807) is 0 Å². The van der Waals surface area contributed by atoms with Crippen LogP contribution in [0.1, 0.15) is 41.9 Å². The third-order valence-corrected chi connectivity index (χ3v) is 4.97. The Morgan fingerprint density at radius 1 is 1.14 bits per heavy atom. The van der Waals surface area contributed by atoms with Crippen molar-refractivity contribution < 1.29 is 4.79 Å². The standard InChI is InChI=1S/C22H29N5O.ClH/c1-13(2)24-22(28)26-18-10-20(21-25-16(5)17(6)27(21)12-18)23-11-19-14(3)8-7-9-15(19)4;/h7-10,12-13,23H,11H2,1-6H3,(H2,24,26,28);1H. The van der Waals surface area contributed by atoms with Gasteiger partial charge in [-0.3, -0.25) is 0 Å². The van der Waals surface area contributed by atoms with Crippen LogP contribution in [0, 0.1) is 27.7 Å². The Morgan fingerprint density at radius 3 is 2.41 bits per heavy atom. The lowest BCUT2D eigenvalue weighted by Crippen LogP contribution is -2.34. The molecule has 0 saturated heterocycles. The minimum Gasteiger partial charge on any atom is -0.378 e. The smallest absolute Gasteiger partial charge is 0.319 e. The van der Waals surface area contributed by atoms with Crippen LogP contribution in [0.3, 0.4) is 0 Å². The summed E-state index contributed by atoms with van der Waals surface area (Å²) in [6.45, 7) is 12.8. The van der Waals surface area contributed by atoms with Gasteiger partial charge in [0, 0.05) is 24.5 Å². The van der Waals surface area contributed by atoms with E-state index >= 15 is 0 Å². The Balaban J connectivity index is 0.00000300. The number of aryl methyl sites for hydroxylation is 4. The first-order chi connectivity index (χ1) is 13.3. The van der Waals surface area contributed by atoms with Crippen LogP contribution in [0.5, 0.6) is 0 Å². The molecule has 3 aromatic rings. The second kappa shape index (κ2) is 9.18. The van der Waals surface area contributed by atoms with Gasteiger partial charge in [0.15, 0.2) is 5.65 Å². The van der Waals surface area contributed by atoms with Crippen LogP contribution < -0.4 is 16.0 Å². The van der Waals surface area contributed by atoms with E-state index in [-0.39, 0.29) is 24.5 Å². The van der Waals surface area contributed by atoms with Crippen LogP contribution in [0.4, 0.5) is 16.2 Å². The van der Waals surface area contributed by atoms with Crippen molar-refractivity contribution >= 4 is 35.5 Å². The zero-order valence-corrected chi connectivity index (χ0v) is 18.7. The highest BCUT2D eigenvalue weighted by Crippen LogP contribution is 2.26. The second-order valence-electron chi connectivity index (χ2n) is 7.60. The third kappa shape index (κ3) is 5.01. The SMILES string of the molecule is Cc1cccc(C)c1CNc1cc(NC(=O)NC(C)C)cn2c(C)c(C)nc12.Cl. The number of halogens is 1. The number of carbonyl (C=O) groups is 1. The number of nitrogens with one attached hydrogen (secondary N) is 3. The summed E-state index contributed by atoms with van der Waals surface area (Å²) >= 11 is 0. The van der Waals surface area contributed by atoms with E-state index < -0.39 is 0 Å². The Bertz CT molecular complexity index is 1010. The molecular weight excluding hydrogens is 386 g/mol. The van der Waals surface area contributed by atoms with Gasteiger partial charge in [0.2, 0.25) is 0 Å². The van der Waals surface area contributed by atoms with Crippen LogP contribution in [-0.4, -0.2) is 21.5 Å². The topological polar surface area (TPSA) is 70.5 Å². The zero-order valence-electron chi connectivity index (χ0n) is 17.9. The minimum atomic E-state index is -0.218. The van der Waals surface area contributed by atoms with E-state index in [1.165, 1.54) is 16.7 Å². The molecule has 29 heavy (non-hydrogen) atoms. The summed E-state index contributed by atoms with van der Waals surface area (Å²) in [7, 11) is 0. The van der Waals surface area contributed by atoms with Gasteiger partial charge in [-0.1, -0.05) is 18.2 Å². The predicted molar refractivity (Wildman–Crippen MR) is 122 cm³/mol. The number of carbonyl (C=O) groups excluding carboxylic acids is 1. The molecular formula is C22H30ClN5O. The van der Waals surface area contributed by atoms with Gasteiger partial charge in [0.25, 0.3) is 0 Å². The molecule has 7 heteroatoms. The maximum Gasteiger partial charge on any atom is 0.319 e. The van der Waals surface area contributed by atoms with Gasteiger partial charge in [-0.15, -0.1) is 12.4 Å². The number of rotatable bonds is 5. The Morgan fingerprint density at radius 2 is 1.79 bits per heavy atom. The molecule has 1 aromatic carbocycles. The molecule has 0 aliphatic rings. The predicted octanol–water partition coefficient (Wildman–Crippen LogP) is 5.13. The van der Waals surface area contributed by atoms with Crippen molar-refractivity contribution in [3.05, 3.63) is 58.5 Å². The van der Waals surface area contributed by atoms with Crippen molar-refractivity contribution in [1.29, 1.82) is 0 Å². The number of amides is 2. The number of fused-ring (bicyclic) bond motifs is 1. The summed E-state index contributed by atoms with van der Waals surface area (Å²) < 4.78 is 2.02. The number of nitrogens with zero attached hydrogens (tertiary/aromatic N) is 2. The average molecular weight is 416 g/mol. The number of aromatic nitrogens is 2. The number of hydrogen-bond donors (Lipinski definition) is 3. The Kier molecular flexibility index (Phi) is 7.14. The molecule has 0 saturated carbocycles. The highest BCUT2D eigenvalue weighted by atomic mass is 35.5. The maximum absolute atomic E-state index is 12.2. The number of anilines is 2. The molecule has 6 nitrogen and oxygen atoms in total. The third-order valence-electron chi connectivity index (χ3n) is 4.97. The first-order valence-corrected chi connectivity index (χ1v) is 9.62. The van der Waals surface area contributed by atoms with Crippen LogP contribution >= 0.6 is 12.4 Å². The first kappa shape index (κ1) is 22.6. The molecule has 0 bridgehead atoms. The van der Waals surface area contributed by atoms with Gasteiger partial charge < -0.3 is 20.4 Å². The molecule has 2 amide bonds. The summed E-state index contributed by atoms with van der Waals surface area (Å²) in [5.74, 6) is 0. The molecule has 0 unspecified atom stereocenters. The molecule has 156 valence electrons.